The molecule has 3 rings (SSSR count). The lowest BCUT2D eigenvalue weighted by molar-refractivity contribution is -0.000329. The standard InChI is InChI=1S/C16H22N2O3.ClH/c1-18-8-11(12-4-2-3-5-14(12)18)7-17-13-6-10(9-19)15(20)16(13)21;/h2-5,8,10,13,15-17,19-21H,6-7,9H2,1H3;1H/t10-,13-,15-,16+;/m1./s1. The number of aliphatic hydroxyl groups excluding tert-OH is 3. The van der Waals surface area contributed by atoms with Crippen LogP contribution in [0.1, 0.15) is 12.0 Å². The first-order valence-corrected chi connectivity index (χ1v) is 7.35. The van der Waals surface area contributed by atoms with Crippen molar-refractivity contribution in [3.63, 3.8) is 0 Å². The van der Waals surface area contributed by atoms with Gasteiger partial charge in [0.25, 0.3) is 0 Å². The van der Waals surface area contributed by atoms with E-state index in [1.807, 2.05) is 19.2 Å². The normalized spacial score (nSPS) is 28.0. The maximum Gasteiger partial charge on any atom is 0.0955 e. The van der Waals surface area contributed by atoms with E-state index < -0.39 is 12.2 Å². The maximum absolute atomic E-state index is 10.0. The highest BCUT2D eigenvalue weighted by molar-refractivity contribution is 5.85. The summed E-state index contributed by atoms with van der Waals surface area (Å²) >= 11 is 0. The SMILES string of the molecule is Cl.Cn1cc(CN[C@@H]2C[C@H](CO)[C@@H](O)[C@H]2O)c2ccccc21. The fraction of sp³-hybridized carbons (Fsp3) is 0.500. The van der Waals surface area contributed by atoms with Crippen LogP contribution in [0.3, 0.4) is 0 Å². The summed E-state index contributed by atoms with van der Waals surface area (Å²) in [6.07, 6.45) is 1.000. The van der Waals surface area contributed by atoms with Crippen molar-refractivity contribution in [3.8, 4) is 0 Å². The first-order valence-electron chi connectivity index (χ1n) is 7.35. The lowest BCUT2D eigenvalue weighted by atomic mass is 10.1. The molecular weight excluding hydrogens is 304 g/mol. The summed E-state index contributed by atoms with van der Waals surface area (Å²) in [5.41, 5.74) is 2.34. The first kappa shape index (κ1) is 17.2. The van der Waals surface area contributed by atoms with E-state index in [4.69, 9.17) is 0 Å². The van der Waals surface area contributed by atoms with Gasteiger partial charge in [0, 0.05) is 49.3 Å². The monoisotopic (exact) mass is 326 g/mol. The Labute approximate surface area is 136 Å². The molecule has 1 aliphatic carbocycles. The molecule has 1 aliphatic rings. The third kappa shape index (κ3) is 3.00. The summed E-state index contributed by atoms with van der Waals surface area (Å²) in [4.78, 5) is 0. The third-order valence-corrected chi connectivity index (χ3v) is 4.57. The van der Waals surface area contributed by atoms with Crippen molar-refractivity contribution < 1.29 is 15.3 Å². The van der Waals surface area contributed by atoms with Crippen molar-refractivity contribution in [2.24, 2.45) is 13.0 Å². The number of aryl methyl sites for hydroxylation is 1. The predicted octanol–water partition coefficient (Wildman–Crippen LogP) is 0.792. The molecule has 0 bridgehead atoms. The number of aromatic nitrogens is 1. The quantitative estimate of drug-likeness (QED) is 0.670. The molecule has 0 unspecified atom stereocenters. The molecule has 5 nitrogen and oxygen atoms in total. The van der Waals surface area contributed by atoms with E-state index in [2.05, 4.69) is 28.2 Å². The summed E-state index contributed by atoms with van der Waals surface area (Å²) in [6.45, 7) is 0.540. The molecule has 122 valence electrons. The molecule has 4 N–H and O–H groups in total. The zero-order valence-corrected chi connectivity index (χ0v) is 13.3. The van der Waals surface area contributed by atoms with Crippen LogP contribution in [0.5, 0.6) is 0 Å². The second-order valence-corrected chi connectivity index (χ2v) is 5.93. The molecule has 0 amide bonds. The van der Waals surface area contributed by atoms with E-state index in [9.17, 15) is 15.3 Å². The zero-order valence-electron chi connectivity index (χ0n) is 12.5. The number of nitrogens with one attached hydrogen (secondary N) is 1. The summed E-state index contributed by atoms with van der Waals surface area (Å²) in [6, 6.07) is 8.01. The molecular formula is C16H23ClN2O3. The fourth-order valence-corrected chi connectivity index (χ4v) is 3.32. The highest BCUT2D eigenvalue weighted by Crippen LogP contribution is 2.27. The molecule has 22 heavy (non-hydrogen) atoms. The Morgan fingerprint density at radius 1 is 1.23 bits per heavy atom. The van der Waals surface area contributed by atoms with Crippen LogP contribution in [0.2, 0.25) is 0 Å². The van der Waals surface area contributed by atoms with Crippen LogP contribution < -0.4 is 5.32 Å². The molecule has 0 spiro atoms. The van der Waals surface area contributed by atoms with E-state index >= 15 is 0 Å². The third-order valence-electron chi connectivity index (χ3n) is 4.57. The molecule has 4 atom stereocenters. The number of nitrogens with zero attached hydrogens (tertiary/aromatic N) is 1. The van der Waals surface area contributed by atoms with Gasteiger partial charge in [0.2, 0.25) is 0 Å². The first-order chi connectivity index (χ1) is 10.1. The largest absolute Gasteiger partial charge is 0.396 e. The molecule has 1 heterocycles. The second kappa shape index (κ2) is 6.98. The number of fused-ring (bicyclic) bond motifs is 1. The number of benzene rings is 1. The topological polar surface area (TPSA) is 77.7 Å². The molecule has 1 aromatic heterocycles. The van der Waals surface area contributed by atoms with Gasteiger partial charge >= 0.3 is 0 Å². The van der Waals surface area contributed by atoms with Crippen LogP contribution in [0.15, 0.2) is 30.5 Å². The molecule has 0 saturated heterocycles. The van der Waals surface area contributed by atoms with Gasteiger partial charge in [0.1, 0.15) is 0 Å². The molecule has 1 aromatic carbocycles. The smallest absolute Gasteiger partial charge is 0.0955 e. The Balaban J connectivity index is 0.00000176. The molecule has 2 aromatic rings. The highest BCUT2D eigenvalue weighted by atomic mass is 35.5. The lowest BCUT2D eigenvalue weighted by Crippen LogP contribution is -2.39. The van der Waals surface area contributed by atoms with Crippen molar-refractivity contribution >= 4 is 23.3 Å². The van der Waals surface area contributed by atoms with E-state index in [0.29, 0.717) is 13.0 Å². The fourth-order valence-electron chi connectivity index (χ4n) is 3.32. The van der Waals surface area contributed by atoms with Crippen molar-refractivity contribution in [1.29, 1.82) is 0 Å². The maximum atomic E-state index is 10.0. The Kier molecular flexibility index (Phi) is 5.47. The van der Waals surface area contributed by atoms with Crippen LogP contribution in [0.4, 0.5) is 0 Å². The van der Waals surface area contributed by atoms with Gasteiger partial charge in [-0.2, -0.15) is 0 Å². The molecule has 1 saturated carbocycles. The van der Waals surface area contributed by atoms with Gasteiger partial charge in [-0.3, -0.25) is 0 Å². The van der Waals surface area contributed by atoms with Gasteiger partial charge in [-0.25, -0.2) is 0 Å². The minimum absolute atomic E-state index is 0. The number of rotatable bonds is 4. The van der Waals surface area contributed by atoms with Gasteiger partial charge in [-0.05, 0) is 18.1 Å². The Hall–Kier alpha value is -1.11. The number of aliphatic hydroxyl groups is 3. The van der Waals surface area contributed by atoms with Gasteiger partial charge in [-0.15, -0.1) is 12.4 Å². The Bertz CT molecular complexity index is 631. The average Bonchev–Trinajstić information content (AvgIpc) is 2.97. The number of hydrogen-bond donors (Lipinski definition) is 4. The van der Waals surface area contributed by atoms with Gasteiger partial charge < -0.3 is 25.2 Å². The highest BCUT2D eigenvalue weighted by Gasteiger charge is 2.40. The Morgan fingerprint density at radius 3 is 2.64 bits per heavy atom. The van der Waals surface area contributed by atoms with Crippen LogP contribution in [0.25, 0.3) is 10.9 Å². The molecule has 6 heteroatoms. The summed E-state index contributed by atoms with van der Waals surface area (Å²) in [5, 5.41) is 33.6. The van der Waals surface area contributed by atoms with Crippen LogP contribution in [-0.4, -0.2) is 44.7 Å². The van der Waals surface area contributed by atoms with Crippen molar-refractivity contribution in [2.75, 3.05) is 6.61 Å². The molecule has 1 fully saturated rings. The van der Waals surface area contributed by atoms with Crippen LogP contribution >= 0.6 is 12.4 Å². The number of halogens is 1. The minimum atomic E-state index is -0.847. The summed E-state index contributed by atoms with van der Waals surface area (Å²) < 4.78 is 2.09. The van der Waals surface area contributed by atoms with Crippen LogP contribution in [0, 0.1) is 5.92 Å². The predicted molar refractivity (Wildman–Crippen MR) is 88.0 cm³/mol. The minimum Gasteiger partial charge on any atom is -0.396 e. The van der Waals surface area contributed by atoms with E-state index in [1.54, 1.807) is 0 Å². The molecule has 0 radical (unpaired) electrons. The van der Waals surface area contributed by atoms with E-state index in [1.165, 1.54) is 16.5 Å². The lowest BCUT2D eigenvalue weighted by Gasteiger charge is -2.17. The average molecular weight is 327 g/mol. The van der Waals surface area contributed by atoms with Crippen LogP contribution in [-0.2, 0) is 13.6 Å². The van der Waals surface area contributed by atoms with Gasteiger partial charge in [0.15, 0.2) is 0 Å². The van der Waals surface area contributed by atoms with E-state index in [-0.39, 0.29) is 31.0 Å². The van der Waals surface area contributed by atoms with Crippen molar-refractivity contribution in [1.82, 2.24) is 9.88 Å². The summed E-state index contributed by atoms with van der Waals surface area (Å²) in [5.74, 6) is -0.245. The molecule has 0 aliphatic heterocycles. The van der Waals surface area contributed by atoms with Crippen molar-refractivity contribution in [2.45, 2.75) is 31.2 Å². The second-order valence-electron chi connectivity index (χ2n) is 5.93. The number of hydrogen-bond acceptors (Lipinski definition) is 4. The zero-order chi connectivity index (χ0) is 15.0. The van der Waals surface area contributed by atoms with Gasteiger partial charge in [-0.1, -0.05) is 18.2 Å². The van der Waals surface area contributed by atoms with Gasteiger partial charge in [0.05, 0.1) is 12.2 Å². The number of para-hydroxylation sites is 1. The Morgan fingerprint density at radius 2 is 1.95 bits per heavy atom. The summed E-state index contributed by atoms with van der Waals surface area (Å²) in [7, 11) is 2.02. The van der Waals surface area contributed by atoms with Crippen molar-refractivity contribution in [3.05, 3.63) is 36.0 Å². The van der Waals surface area contributed by atoms with E-state index in [0.717, 1.165) is 0 Å².